The van der Waals surface area contributed by atoms with Crippen LogP contribution < -0.4 is 10.6 Å². The lowest BCUT2D eigenvalue weighted by atomic mass is 10.0. The molecule has 0 aromatic heterocycles. The Morgan fingerprint density at radius 3 is 2.24 bits per heavy atom. The molecule has 1 saturated carbocycles. The Kier molecular flexibility index (Phi) is 3.40. The van der Waals surface area contributed by atoms with Gasteiger partial charge in [0.05, 0.1) is 0 Å². The van der Waals surface area contributed by atoms with Crippen molar-refractivity contribution in [2.45, 2.75) is 19.8 Å². The number of para-hydroxylation sites is 1. The van der Waals surface area contributed by atoms with Gasteiger partial charge in [-0.3, -0.25) is 0 Å². The Bertz CT molecular complexity index is 601. The average molecular weight is 280 g/mol. The number of hydrogen-bond donors (Lipinski definition) is 1. The van der Waals surface area contributed by atoms with Crippen LogP contribution >= 0.6 is 0 Å². The largest absolute Gasteiger partial charge is 0.399 e. The summed E-state index contributed by atoms with van der Waals surface area (Å²) in [7, 11) is 2.18. The number of nitrogens with two attached hydrogens (primary N) is 1. The molecule has 2 aromatic carbocycles. The van der Waals surface area contributed by atoms with Gasteiger partial charge >= 0.3 is 0 Å². The maximum absolute atomic E-state index is 5.80. The predicted molar refractivity (Wildman–Crippen MR) is 90.6 cm³/mol. The van der Waals surface area contributed by atoms with E-state index < -0.39 is 0 Å². The molecule has 0 saturated heterocycles. The third-order valence-corrected chi connectivity index (χ3v) is 5.01. The van der Waals surface area contributed by atoms with E-state index in [0.29, 0.717) is 17.3 Å². The number of nitrogen functional groups attached to an aromatic ring is 1. The van der Waals surface area contributed by atoms with Crippen molar-refractivity contribution in [1.82, 2.24) is 0 Å². The van der Waals surface area contributed by atoms with Crippen LogP contribution in [0.3, 0.4) is 0 Å². The molecule has 1 aliphatic carbocycles. The second-order valence-corrected chi connectivity index (χ2v) is 6.79. The van der Waals surface area contributed by atoms with Crippen LogP contribution in [0.4, 0.5) is 11.4 Å². The molecule has 21 heavy (non-hydrogen) atoms. The van der Waals surface area contributed by atoms with Crippen molar-refractivity contribution in [2.24, 2.45) is 11.3 Å². The van der Waals surface area contributed by atoms with Crippen LogP contribution in [0.1, 0.15) is 25.3 Å². The molecule has 0 spiro atoms. The number of hydrogen-bond acceptors (Lipinski definition) is 2. The molecule has 1 fully saturated rings. The number of anilines is 2. The Morgan fingerprint density at radius 1 is 1.00 bits per heavy atom. The maximum Gasteiger partial charge on any atom is 0.0363 e. The van der Waals surface area contributed by atoms with E-state index in [4.69, 9.17) is 5.73 Å². The van der Waals surface area contributed by atoms with Crippen molar-refractivity contribution in [3.8, 4) is 0 Å². The summed E-state index contributed by atoms with van der Waals surface area (Å²) >= 11 is 0. The molecular weight excluding hydrogens is 256 g/mol. The first kappa shape index (κ1) is 14.0. The smallest absolute Gasteiger partial charge is 0.0363 e. The van der Waals surface area contributed by atoms with Gasteiger partial charge in [0.2, 0.25) is 0 Å². The van der Waals surface area contributed by atoms with E-state index in [1.54, 1.807) is 0 Å². The SMILES string of the molecule is CN(CC1C(c2ccc(N)cc2)C1(C)C)c1ccccc1. The molecule has 2 unspecified atom stereocenters. The van der Waals surface area contributed by atoms with Gasteiger partial charge in [-0.1, -0.05) is 44.2 Å². The van der Waals surface area contributed by atoms with Crippen molar-refractivity contribution < 1.29 is 0 Å². The average Bonchev–Trinajstić information content (AvgIpc) is 3.02. The molecule has 2 heteroatoms. The van der Waals surface area contributed by atoms with Crippen molar-refractivity contribution in [1.29, 1.82) is 0 Å². The van der Waals surface area contributed by atoms with E-state index in [1.807, 2.05) is 12.1 Å². The highest BCUT2D eigenvalue weighted by Crippen LogP contribution is 2.64. The molecule has 2 N–H and O–H groups in total. The van der Waals surface area contributed by atoms with Gasteiger partial charge in [0.15, 0.2) is 0 Å². The summed E-state index contributed by atoms with van der Waals surface area (Å²) < 4.78 is 0. The Balaban J connectivity index is 1.73. The fourth-order valence-electron chi connectivity index (χ4n) is 3.53. The highest BCUT2D eigenvalue weighted by Gasteiger charge is 2.58. The number of rotatable bonds is 4. The van der Waals surface area contributed by atoms with E-state index in [9.17, 15) is 0 Å². The maximum atomic E-state index is 5.80. The van der Waals surface area contributed by atoms with Gasteiger partial charge in [0.25, 0.3) is 0 Å². The minimum Gasteiger partial charge on any atom is -0.399 e. The highest BCUT2D eigenvalue weighted by atomic mass is 15.1. The van der Waals surface area contributed by atoms with Crippen molar-refractivity contribution in [2.75, 3.05) is 24.2 Å². The van der Waals surface area contributed by atoms with Crippen LogP contribution in [0.2, 0.25) is 0 Å². The highest BCUT2D eigenvalue weighted by molar-refractivity contribution is 5.47. The Hall–Kier alpha value is -1.96. The lowest BCUT2D eigenvalue weighted by Crippen LogP contribution is -2.21. The minimum atomic E-state index is 0.360. The van der Waals surface area contributed by atoms with Gasteiger partial charge in [0.1, 0.15) is 0 Å². The monoisotopic (exact) mass is 280 g/mol. The minimum absolute atomic E-state index is 0.360. The molecule has 1 aliphatic rings. The predicted octanol–water partition coefficient (Wildman–Crippen LogP) is 4.14. The number of nitrogens with zero attached hydrogens (tertiary/aromatic N) is 1. The Morgan fingerprint density at radius 2 is 1.62 bits per heavy atom. The normalized spacial score (nSPS) is 22.8. The fourth-order valence-corrected chi connectivity index (χ4v) is 3.53. The Labute approximate surface area is 127 Å². The molecule has 0 radical (unpaired) electrons. The molecule has 0 heterocycles. The molecule has 110 valence electrons. The van der Waals surface area contributed by atoms with Gasteiger partial charge in [-0.15, -0.1) is 0 Å². The summed E-state index contributed by atoms with van der Waals surface area (Å²) in [6.07, 6.45) is 0. The van der Waals surface area contributed by atoms with E-state index in [1.165, 1.54) is 11.3 Å². The van der Waals surface area contributed by atoms with Gasteiger partial charge in [-0.2, -0.15) is 0 Å². The van der Waals surface area contributed by atoms with E-state index in [-0.39, 0.29) is 0 Å². The van der Waals surface area contributed by atoms with Gasteiger partial charge in [-0.05, 0) is 47.1 Å². The quantitative estimate of drug-likeness (QED) is 0.853. The van der Waals surface area contributed by atoms with E-state index >= 15 is 0 Å². The summed E-state index contributed by atoms with van der Waals surface area (Å²) in [5, 5.41) is 0. The number of benzene rings is 2. The van der Waals surface area contributed by atoms with Gasteiger partial charge in [0, 0.05) is 25.0 Å². The molecule has 2 atom stereocenters. The molecule has 2 aromatic rings. The third-order valence-electron chi connectivity index (χ3n) is 5.01. The van der Waals surface area contributed by atoms with Crippen LogP contribution in [0, 0.1) is 11.3 Å². The standard InChI is InChI=1S/C19H24N2/c1-19(2)17(13-21(3)16-7-5-4-6-8-16)18(19)14-9-11-15(20)12-10-14/h4-12,17-18H,13,20H2,1-3H3. The molecule has 3 rings (SSSR count). The van der Waals surface area contributed by atoms with E-state index in [0.717, 1.165) is 12.2 Å². The second kappa shape index (κ2) is 5.10. The molecular formula is C19H24N2. The van der Waals surface area contributed by atoms with Crippen LogP contribution in [-0.4, -0.2) is 13.6 Å². The summed E-state index contributed by atoms with van der Waals surface area (Å²) in [6, 6.07) is 19.0. The zero-order chi connectivity index (χ0) is 15.0. The van der Waals surface area contributed by atoms with Crippen LogP contribution in [0.25, 0.3) is 0 Å². The molecule has 0 aliphatic heterocycles. The summed E-state index contributed by atoms with van der Waals surface area (Å²) in [6.45, 7) is 5.83. The lowest BCUT2D eigenvalue weighted by Gasteiger charge is -2.20. The summed E-state index contributed by atoms with van der Waals surface area (Å²) in [4.78, 5) is 2.36. The van der Waals surface area contributed by atoms with Crippen LogP contribution in [-0.2, 0) is 0 Å². The summed E-state index contributed by atoms with van der Waals surface area (Å²) in [5.41, 5.74) is 9.71. The first-order valence-electron chi connectivity index (χ1n) is 7.62. The first-order valence-corrected chi connectivity index (χ1v) is 7.62. The van der Waals surface area contributed by atoms with Crippen LogP contribution in [0.15, 0.2) is 54.6 Å². The van der Waals surface area contributed by atoms with Crippen LogP contribution in [0.5, 0.6) is 0 Å². The molecule has 2 nitrogen and oxygen atoms in total. The van der Waals surface area contributed by atoms with Crippen molar-refractivity contribution in [3.63, 3.8) is 0 Å². The van der Waals surface area contributed by atoms with Gasteiger partial charge < -0.3 is 10.6 Å². The van der Waals surface area contributed by atoms with Crippen molar-refractivity contribution in [3.05, 3.63) is 60.2 Å². The lowest BCUT2D eigenvalue weighted by molar-refractivity contribution is 0.552. The topological polar surface area (TPSA) is 29.3 Å². The third kappa shape index (κ3) is 2.63. The molecule has 0 bridgehead atoms. The zero-order valence-electron chi connectivity index (χ0n) is 13.1. The molecule has 0 amide bonds. The first-order chi connectivity index (χ1) is 10.00. The fraction of sp³-hybridized carbons (Fsp3) is 0.368. The summed E-state index contributed by atoms with van der Waals surface area (Å²) in [5.74, 6) is 1.32. The van der Waals surface area contributed by atoms with Gasteiger partial charge in [-0.25, -0.2) is 0 Å². The van der Waals surface area contributed by atoms with Crippen molar-refractivity contribution >= 4 is 11.4 Å². The van der Waals surface area contributed by atoms with E-state index in [2.05, 4.69) is 68.3 Å². The second-order valence-electron chi connectivity index (χ2n) is 6.79. The zero-order valence-corrected chi connectivity index (χ0v) is 13.1.